The smallest absolute Gasteiger partial charge is 0.195 e. The van der Waals surface area contributed by atoms with E-state index in [1.165, 1.54) is 12.1 Å². The zero-order valence-corrected chi connectivity index (χ0v) is 22.6. The Morgan fingerprint density at radius 3 is 2.02 bits per heavy atom. The molecule has 2 atom stereocenters. The van der Waals surface area contributed by atoms with E-state index < -0.39 is 24.6 Å². The number of benzene rings is 3. The lowest BCUT2D eigenvalue weighted by Gasteiger charge is -2.20. The van der Waals surface area contributed by atoms with Gasteiger partial charge >= 0.3 is 0 Å². The van der Waals surface area contributed by atoms with Crippen LogP contribution in [0, 0.1) is 5.82 Å². The van der Waals surface area contributed by atoms with Gasteiger partial charge < -0.3 is 24.7 Å². The van der Waals surface area contributed by atoms with Gasteiger partial charge in [-0.25, -0.2) is 4.39 Å². The van der Waals surface area contributed by atoms with Crippen LogP contribution in [0.5, 0.6) is 0 Å². The molecule has 2 N–H and O–H groups in total. The highest BCUT2D eigenvalue weighted by molar-refractivity contribution is 6.16. The van der Waals surface area contributed by atoms with Gasteiger partial charge in [-0.3, -0.25) is 4.79 Å². The van der Waals surface area contributed by atoms with E-state index in [1.807, 2.05) is 66.9 Å². The zero-order chi connectivity index (χ0) is 28.8. The number of halogens is 1. The number of nitrogens with zero attached hydrogens (tertiary/aromatic N) is 1. The van der Waals surface area contributed by atoms with Crippen molar-refractivity contribution >= 4 is 11.8 Å². The maximum Gasteiger partial charge on any atom is 0.195 e. The van der Waals surface area contributed by atoms with E-state index >= 15 is 0 Å². The molecule has 0 spiro atoms. The Hall–Kier alpha value is -4.07. The minimum Gasteiger partial charge on any atom is -0.550 e. The molecular weight excluding hydrogens is 509 g/mol. The third-order valence-electron chi connectivity index (χ3n) is 6.93. The molecular formula is C33H33FNO5-. The monoisotopic (exact) mass is 542 g/mol. The molecule has 0 radical (unpaired) electrons. The van der Waals surface area contributed by atoms with E-state index in [2.05, 4.69) is 0 Å². The van der Waals surface area contributed by atoms with E-state index in [4.69, 9.17) is 0 Å². The van der Waals surface area contributed by atoms with E-state index in [1.54, 1.807) is 24.3 Å². The van der Waals surface area contributed by atoms with Crippen LogP contribution in [0.2, 0.25) is 0 Å². The first-order valence-corrected chi connectivity index (χ1v) is 13.4. The fourth-order valence-corrected chi connectivity index (χ4v) is 5.21. The quantitative estimate of drug-likeness (QED) is 0.247. The predicted molar refractivity (Wildman–Crippen MR) is 150 cm³/mol. The molecule has 7 heteroatoms. The Balaban J connectivity index is 1.93. The molecule has 0 fully saturated rings. The first kappa shape index (κ1) is 28.9. The summed E-state index contributed by atoms with van der Waals surface area (Å²) in [7, 11) is 0. The Labute approximate surface area is 233 Å². The first-order valence-electron chi connectivity index (χ1n) is 13.4. The molecule has 40 heavy (non-hydrogen) atoms. The molecule has 1 heterocycles. The minimum absolute atomic E-state index is 0.0971. The lowest BCUT2D eigenvalue weighted by Crippen LogP contribution is -2.29. The number of hydrogen-bond acceptors (Lipinski definition) is 5. The van der Waals surface area contributed by atoms with Crippen molar-refractivity contribution in [1.29, 1.82) is 0 Å². The lowest BCUT2D eigenvalue weighted by molar-refractivity contribution is -0.307. The number of rotatable bonds is 12. The van der Waals surface area contributed by atoms with Crippen molar-refractivity contribution in [2.45, 2.75) is 57.8 Å². The van der Waals surface area contributed by atoms with Crippen LogP contribution in [0.3, 0.4) is 0 Å². The van der Waals surface area contributed by atoms with Crippen molar-refractivity contribution in [3.63, 3.8) is 0 Å². The van der Waals surface area contributed by atoms with Crippen LogP contribution in [0.1, 0.15) is 60.6 Å². The number of carbonyl (C=O) groups is 2. The van der Waals surface area contributed by atoms with Crippen molar-refractivity contribution in [3.8, 4) is 22.4 Å². The summed E-state index contributed by atoms with van der Waals surface area (Å²) < 4.78 is 16.0. The SMILES string of the molecule is CC(C)c1c(C(=O)c2ccccc2)c(-c2ccccc2)c(-c2ccc(F)cc2)n1CC[C@@H](O)C[C@@H](O)CC(=O)[O-]. The largest absolute Gasteiger partial charge is 0.550 e. The Morgan fingerprint density at radius 2 is 1.45 bits per heavy atom. The molecule has 1 aromatic heterocycles. The average molecular weight is 543 g/mol. The second-order valence-electron chi connectivity index (χ2n) is 10.3. The van der Waals surface area contributed by atoms with Crippen molar-refractivity contribution in [3.05, 3.63) is 108 Å². The number of carboxylic acids is 1. The number of aliphatic carboxylic acids is 1. The molecule has 0 amide bonds. The molecule has 4 aromatic rings. The second-order valence-corrected chi connectivity index (χ2v) is 10.3. The molecule has 0 aliphatic carbocycles. The highest BCUT2D eigenvalue weighted by atomic mass is 19.1. The Bertz CT molecular complexity index is 1450. The summed E-state index contributed by atoms with van der Waals surface area (Å²) in [5.41, 5.74) is 4.82. The number of aromatic nitrogens is 1. The van der Waals surface area contributed by atoms with Gasteiger partial charge in [-0.2, -0.15) is 0 Å². The summed E-state index contributed by atoms with van der Waals surface area (Å²) in [5, 5.41) is 31.6. The van der Waals surface area contributed by atoms with Gasteiger partial charge in [0.15, 0.2) is 5.78 Å². The van der Waals surface area contributed by atoms with Crippen molar-refractivity contribution < 1.29 is 29.3 Å². The van der Waals surface area contributed by atoms with Gasteiger partial charge in [0.25, 0.3) is 0 Å². The van der Waals surface area contributed by atoms with Crippen molar-refractivity contribution in [2.75, 3.05) is 0 Å². The summed E-state index contributed by atoms with van der Waals surface area (Å²) in [4.78, 5) is 25.0. The molecule has 0 aliphatic heterocycles. The summed E-state index contributed by atoms with van der Waals surface area (Å²) in [5.74, 6) is -2.01. The Kier molecular flexibility index (Phi) is 9.30. The van der Waals surface area contributed by atoms with E-state index in [0.717, 1.165) is 22.5 Å². The van der Waals surface area contributed by atoms with Gasteiger partial charge in [0, 0.05) is 35.8 Å². The van der Waals surface area contributed by atoms with Crippen LogP contribution < -0.4 is 5.11 Å². The third-order valence-corrected chi connectivity index (χ3v) is 6.93. The fourth-order valence-electron chi connectivity index (χ4n) is 5.21. The number of carbonyl (C=O) groups excluding carboxylic acids is 2. The summed E-state index contributed by atoms with van der Waals surface area (Å²) in [6.07, 6.45) is -2.72. The first-order chi connectivity index (χ1) is 19.2. The van der Waals surface area contributed by atoms with E-state index in [0.29, 0.717) is 16.7 Å². The maximum atomic E-state index is 14.2. The summed E-state index contributed by atoms with van der Waals surface area (Å²) in [6.45, 7) is 4.27. The molecule has 208 valence electrons. The molecule has 3 aromatic carbocycles. The second kappa shape index (κ2) is 12.9. The fraction of sp³-hybridized carbons (Fsp3) is 0.273. The van der Waals surface area contributed by atoms with E-state index in [9.17, 15) is 29.3 Å². The molecule has 0 bridgehead atoms. The van der Waals surface area contributed by atoms with Crippen molar-refractivity contribution in [2.24, 2.45) is 0 Å². The van der Waals surface area contributed by atoms with Crippen LogP contribution in [0.4, 0.5) is 4.39 Å². The van der Waals surface area contributed by atoms with Gasteiger partial charge in [-0.05, 0) is 54.2 Å². The normalized spacial score (nSPS) is 12.8. The molecule has 0 unspecified atom stereocenters. The maximum absolute atomic E-state index is 14.2. The number of aliphatic hydroxyl groups excluding tert-OH is 2. The number of aliphatic hydroxyl groups is 2. The van der Waals surface area contributed by atoms with Gasteiger partial charge in [0.1, 0.15) is 5.82 Å². The van der Waals surface area contributed by atoms with Crippen LogP contribution in [-0.4, -0.2) is 38.7 Å². The number of ketones is 1. The predicted octanol–water partition coefficient (Wildman–Crippen LogP) is 4.96. The molecule has 4 rings (SSSR count). The standard InChI is InChI=1S/C33H34FNO5/c1-21(2)31-30(33(40)24-11-7-4-8-12-24)29(22-9-5-3-6-10-22)32(23-13-15-25(34)16-14-23)35(31)18-17-26(36)19-27(37)20-28(38)39/h3-16,21,26-27,36-37H,17-20H2,1-2H3,(H,38,39)/p-1/t26-,27-/m1/s1. The van der Waals surface area contributed by atoms with Crippen LogP contribution in [0.15, 0.2) is 84.9 Å². The topological polar surface area (TPSA) is 103 Å². The van der Waals surface area contributed by atoms with Crippen LogP contribution in [-0.2, 0) is 11.3 Å². The summed E-state index contributed by atoms with van der Waals surface area (Å²) >= 11 is 0. The highest BCUT2D eigenvalue weighted by Crippen LogP contribution is 2.43. The zero-order valence-electron chi connectivity index (χ0n) is 22.6. The number of carboxylic acid groups (broad SMARTS) is 1. The number of hydrogen-bond donors (Lipinski definition) is 2. The van der Waals surface area contributed by atoms with Crippen LogP contribution >= 0.6 is 0 Å². The molecule has 0 saturated carbocycles. The van der Waals surface area contributed by atoms with Gasteiger partial charge in [-0.1, -0.05) is 74.5 Å². The Morgan fingerprint density at radius 1 is 0.850 bits per heavy atom. The van der Waals surface area contributed by atoms with Crippen LogP contribution in [0.25, 0.3) is 22.4 Å². The molecule has 0 saturated heterocycles. The van der Waals surface area contributed by atoms with Gasteiger partial charge in [0.2, 0.25) is 0 Å². The van der Waals surface area contributed by atoms with Gasteiger partial charge in [0.05, 0.1) is 23.5 Å². The molecule has 6 nitrogen and oxygen atoms in total. The third kappa shape index (κ3) is 6.55. The summed E-state index contributed by atoms with van der Waals surface area (Å²) in [6, 6.07) is 24.7. The highest BCUT2D eigenvalue weighted by Gasteiger charge is 2.31. The average Bonchev–Trinajstić information content (AvgIpc) is 3.27. The molecule has 0 aliphatic rings. The van der Waals surface area contributed by atoms with E-state index in [-0.39, 0.29) is 36.9 Å². The lowest BCUT2D eigenvalue weighted by atomic mass is 9.90. The van der Waals surface area contributed by atoms with Crippen molar-refractivity contribution in [1.82, 2.24) is 4.57 Å². The van der Waals surface area contributed by atoms with Gasteiger partial charge in [-0.15, -0.1) is 0 Å². The minimum atomic E-state index is -1.39.